The van der Waals surface area contributed by atoms with Gasteiger partial charge in [-0.3, -0.25) is 0 Å². The molecule has 2 rings (SSSR count). The molecule has 1 aliphatic heterocycles. The summed E-state index contributed by atoms with van der Waals surface area (Å²) >= 11 is 5.67. The Kier molecular flexibility index (Phi) is 5.03. The lowest BCUT2D eigenvalue weighted by atomic mass is 9.98. The Hall–Kier alpha value is -1.09. The molecular weight excluding hydrogens is 264 g/mol. The highest BCUT2D eigenvalue weighted by Gasteiger charge is 2.26. The minimum absolute atomic E-state index is 0.498. The molecule has 20 heavy (non-hydrogen) atoms. The van der Waals surface area contributed by atoms with Gasteiger partial charge in [0.2, 0.25) is 0 Å². The van der Waals surface area contributed by atoms with Gasteiger partial charge in [-0.25, -0.2) is 0 Å². The second-order valence-electron chi connectivity index (χ2n) is 6.21. The van der Waals surface area contributed by atoms with Crippen LogP contribution in [0.5, 0.6) is 0 Å². The van der Waals surface area contributed by atoms with E-state index in [1.54, 1.807) is 0 Å². The quantitative estimate of drug-likeness (QED) is 0.790. The molecule has 1 aliphatic rings. The number of piperidine rings is 1. The van der Waals surface area contributed by atoms with Gasteiger partial charge in [0.1, 0.15) is 0 Å². The Labute approximate surface area is 128 Å². The van der Waals surface area contributed by atoms with E-state index in [4.69, 9.17) is 12.2 Å². The maximum absolute atomic E-state index is 5.67. The number of hydrogen-bond acceptors (Lipinski definition) is 1. The first-order chi connectivity index (χ1) is 9.50. The number of anilines is 1. The minimum atomic E-state index is 0.498. The van der Waals surface area contributed by atoms with Crippen LogP contribution in [0.25, 0.3) is 0 Å². The van der Waals surface area contributed by atoms with Crippen molar-refractivity contribution >= 4 is 23.0 Å². The molecule has 0 radical (unpaired) electrons. The Morgan fingerprint density at radius 1 is 1.20 bits per heavy atom. The first-order valence-corrected chi connectivity index (χ1v) is 8.09. The van der Waals surface area contributed by atoms with Crippen LogP contribution in [0, 0.1) is 0 Å². The topological polar surface area (TPSA) is 15.3 Å². The van der Waals surface area contributed by atoms with Crippen LogP contribution in [-0.4, -0.2) is 22.1 Å². The monoisotopic (exact) mass is 290 g/mol. The van der Waals surface area contributed by atoms with Crippen LogP contribution >= 0.6 is 12.2 Å². The summed E-state index contributed by atoms with van der Waals surface area (Å²) in [7, 11) is 0. The smallest absolute Gasteiger partial charge is 0.173 e. The van der Waals surface area contributed by atoms with Crippen molar-refractivity contribution in [1.29, 1.82) is 0 Å². The van der Waals surface area contributed by atoms with Crippen LogP contribution in [0.1, 0.15) is 58.4 Å². The second-order valence-corrected chi connectivity index (χ2v) is 6.60. The van der Waals surface area contributed by atoms with E-state index in [9.17, 15) is 0 Å². The van der Waals surface area contributed by atoms with Crippen molar-refractivity contribution in [2.45, 2.75) is 65.0 Å². The first kappa shape index (κ1) is 15.3. The van der Waals surface area contributed by atoms with Gasteiger partial charge in [0.15, 0.2) is 5.11 Å². The Bertz CT molecular complexity index is 460. The lowest BCUT2D eigenvalue weighted by Crippen LogP contribution is -2.49. The number of benzene rings is 1. The van der Waals surface area contributed by atoms with Gasteiger partial charge in [0.05, 0.1) is 0 Å². The number of likely N-dealkylation sites (tertiary alicyclic amines) is 1. The fraction of sp³-hybridized carbons (Fsp3) is 0.588. The van der Waals surface area contributed by atoms with E-state index in [1.807, 2.05) is 0 Å². The van der Waals surface area contributed by atoms with Crippen molar-refractivity contribution in [3.63, 3.8) is 0 Å². The zero-order chi connectivity index (χ0) is 14.7. The molecule has 1 aromatic rings. The van der Waals surface area contributed by atoms with Crippen molar-refractivity contribution in [3.05, 3.63) is 29.8 Å². The van der Waals surface area contributed by atoms with Gasteiger partial charge in [-0.05, 0) is 62.9 Å². The zero-order valence-corrected chi connectivity index (χ0v) is 13.8. The van der Waals surface area contributed by atoms with Gasteiger partial charge in [-0.2, -0.15) is 0 Å². The van der Waals surface area contributed by atoms with Crippen molar-refractivity contribution in [2.75, 3.05) is 5.32 Å². The Morgan fingerprint density at radius 2 is 1.80 bits per heavy atom. The van der Waals surface area contributed by atoms with Crippen LogP contribution in [0.4, 0.5) is 5.69 Å². The lowest BCUT2D eigenvalue weighted by Gasteiger charge is -2.41. The number of para-hydroxylation sites is 1. The average Bonchev–Trinajstić information content (AvgIpc) is 2.38. The third kappa shape index (κ3) is 3.32. The van der Waals surface area contributed by atoms with E-state index in [1.165, 1.54) is 24.8 Å². The van der Waals surface area contributed by atoms with E-state index in [2.05, 4.69) is 62.2 Å². The van der Waals surface area contributed by atoms with E-state index in [-0.39, 0.29) is 0 Å². The summed E-state index contributed by atoms with van der Waals surface area (Å²) in [4.78, 5) is 2.37. The summed E-state index contributed by atoms with van der Waals surface area (Å²) in [5, 5.41) is 4.35. The predicted octanol–water partition coefficient (Wildman–Crippen LogP) is 4.77. The number of thiocarbonyl (C=S) groups is 1. The largest absolute Gasteiger partial charge is 0.344 e. The van der Waals surface area contributed by atoms with E-state index in [0.717, 1.165) is 10.8 Å². The molecular formula is C17H26N2S. The van der Waals surface area contributed by atoms with Gasteiger partial charge < -0.3 is 10.2 Å². The molecule has 1 saturated heterocycles. The zero-order valence-electron chi connectivity index (χ0n) is 13.0. The second kappa shape index (κ2) is 6.57. The van der Waals surface area contributed by atoms with Crippen LogP contribution in [0.3, 0.4) is 0 Å². The molecule has 0 spiro atoms. The summed E-state index contributed by atoms with van der Waals surface area (Å²) < 4.78 is 0. The number of nitrogens with zero attached hydrogens (tertiary/aromatic N) is 1. The molecule has 1 N–H and O–H groups in total. The molecule has 1 aromatic carbocycles. The van der Waals surface area contributed by atoms with E-state index < -0.39 is 0 Å². The molecule has 110 valence electrons. The first-order valence-electron chi connectivity index (χ1n) is 7.69. The highest BCUT2D eigenvalue weighted by atomic mass is 32.1. The molecule has 0 bridgehead atoms. The maximum atomic E-state index is 5.67. The molecule has 1 fully saturated rings. The fourth-order valence-electron chi connectivity index (χ4n) is 3.12. The minimum Gasteiger partial charge on any atom is -0.344 e. The van der Waals surface area contributed by atoms with Gasteiger partial charge in [0, 0.05) is 17.8 Å². The fourth-order valence-corrected chi connectivity index (χ4v) is 3.59. The summed E-state index contributed by atoms with van der Waals surface area (Å²) in [5.41, 5.74) is 2.48. The van der Waals surface area contributed by atoms with Crippen LogP contribution in [0.2, 0.25) is 0 Å². The molecule has 0 aliphatic carbocycles. The number of rotatable bonds is 2. The molecule has 2 unspecified atom stereocenters. The van der Waals surface area contributed by atoms with Gasteiger partial charge in [0.25, 0.3) is 0 Å². The standard InChI is InChI=1S/C17H26N2S/c1-12(2)15-10-5-6-11-16(15)18-17(20)19-13(3)8-7-9-14(19)4/h5-6,10-14H,7-9H2,1-4H3,(H,18,20). The average molecular weight is 290 g/mol. The van der Waals surface area contributed by atoms with E-state index in [0.29, 0.717) is 18.0 Å². The number of nitrogens with one attached hydrogen (secondary N) is 1. The van der Waals surface area contributed by atoms with Crippen LogP contribution < -0.4 is 5.32 Å². The maximum Gasteiger partial charge on any atom is 0.173 e. The highest BCUT2D eigenvalue weighted by Crippen LogP contribution is 2.27. The summed E-state index contributed by atoms with van der Waals surface area (Å²) in [5.74, 6) is 0.498. The summed E-state index contributed by atoms with van der Waals surface area (Å²) in [6.07, 6.45) is 3.78. The molecule has 3 heteroatoms. The molecule has 2 nitrogen and oxygen atoms in total. The Balaban J connectivity index is 2.15. The molecule has 0 saturated carbocycles. The molecule has 0 amide bonds. The van der Waals surface area contributed by atoms with Crippen molar-refractivity contribution in [2.24, 2.45) is 0 Å². The lowest BCUT2D eigenvalue weighted by molar-refractivity contribution is 0.194. The normalized spacial score (nSPS) is 22.9. The molecule has 2 atom stereocenters. The van der Waals surface area contributed by atoms with Crippen molar-refractivity contribution in [3.8, 4) is 0 Å². The summed E-state index contributed by atoms with van der Waals surface area (Å²) in [6.45, 7) is 8.99. The van der Waals surface area contributed by atoms with Crippen LogP contribution in [0.15, 0.2) is 24.3 Å². The number of hydrogen-bond donors (Lipinski definition) is 1. The van der Waals surface area contributed by atoms with Gasteiger partial charge in [-0.15, -0.1) is 0 Å². The predicted molar refractivity (Wildman–Crippen MR) is 91.4 cm³/mol. The van der Waals surface area contributed by atoms with Crippen molar-refractivity contribution in [1.82, 2.24) is 4.90 Å². The van der Waals surface area contributed by atoms with E-state index >= 15 is 0 Å². The molecule has 0 aromatic heterocycles. The summed E-state index contributed by atoms with van der Waals surface area (Å²) in [6, 6.07) is 9.53. The third-order valence-corrected chi connectivity index (χ3v) is 4.57. The van der Waals surface area contributed by atoms with Gasteiger partial charge in [-0.1, -0.05) is 32.0 Å². The molecule has 1 heterocycles. The SMILES string of the molecule is CC(C)c1ccccc1NC(=S)N1C(C)CCCC1C. The van der Waals surface area contributed by atoms with Gasteiger partial charge >= 0.3 is 0 Å². The Morgan fingerprint density at radius 3 is 2.40 bits per heavy atom. The van der Waals surface area contributed by atoms with Crippen LogP contribution in [-0.2, 0) is 0 Å². The third-order valence-electron chi connectivity index (χ3n) is 4.25. The van der Waals surface area contributed by atoms with Crippen molar-refractivity contribution < 1.29 is 0 Å². The highest BCUT2D eigenvalue weighted by molar-refractivity contribution is 7.80.